The molecule has 2 unspecified atom stereocenters. The van der Waals surface area contributed by atoms with Crippen LogP contribution in [0.5, 0.6) is 5.88 Å². The number of likely N-dealkylation sites (N-methyl/N-ethyl adjacent to an activating group) is 1. The Bertz CT molecular complexity index is 987. The van der Waals surface area contributed by atoms with Gasteiger partial charge in [0.2, 0.25) is 17.7 Å². The second kappa shape index (κ2) is 8.72. The third-order valence-electron chi connectivity index (χ3n) is 5.49. The van der Waals surface area contributed by atoms with Crippen molar-refractivity contribution in [3.8, 4) is 5.88 Å². The molecule has 31 heavy (non-hydrogen) atoms. The molecule has 2 aliphatic heterocycles. The summed E-state index contributed by atoms with van der Waals surface area (Å²) in [5.74, 6) is 0.196. The molecule has 1 saturated heterocycles. The van der Waals surface area contributed by atoms with Crippen LogP contribution < -0.4 is 20.5 Å². The van der Waals surface area contributed by atoms with Crippen molar-refractivity contribution >= 4 is 23.2 Å². The maximum atomic E-state index is 13.4. The molecular formula is C20H26N8O3. The van der Waals surface area contributed by atoms with Gasteiger partial charge in [0.25, 0.3) is 0 Å². The van der Waals surface area contributed by atoms with Gasteiger partial charge < -0.3 is 15.0 Å². The number of hydrazine groups is 1. The monoisotopic (exact) mass is 426 g/mol. The number of piperidine rings is 1. The molecule has 2 N–H and O–H groups in total. The molecule has 2 amide bonds. The van der Waals surface area contributed by atoms with Gasteiger partial charge in [0, 0.05) is 26.7 Å². The van der Waals surface area contributed by atoms with Gasteiger partial charge in [0.1, 0.15) is 17.8 Å². The Balaban J connectivity index is 1.64. The number of anilines is 1. The molecule has 0 spiro atoms. The number of carbonyl (C=O) groups is 2. The Morgan fingerprint density at radius 1 is 1.29 bits per heavy atom. The fourth-order valence-electron chi connectivity index (χ4n) is 3.92. The van der Waals surface area contributed by atoms with Gasteiger partial charge in [0.15, 0.2) is 0 Å². The van der Waals surface area contributed by atoms with Crippen LogP contribution in [-0.2, 0) is 16.6 Å². The number of amides is 2. The summed E-state index contributed by atoms with van der Waals surface area (Å²) in [6.45, 7) is 0.549. The summed E-state index contributed by atoms with van der Waals surface area (Å²) >= 11 is 0. The Hall–Kier alpha value is -3.47. The van der Waals surface area contributed by atoms with E-state index < -0.39 is 12.1 Å². The van der Waals surface area contributed by atoms with Gasteiger partial charge in [-0.2, -0.15) is 0 Å². The molecule has 11 nitrogen and oxygen atoms in total. The molecule has 0 saturated carbocycles. The first-order valence-electron chi connectivity index (χ1n) is 10.2. The van der Waals surface area contributed by atoms with Crippen molar-refractivity contribution < 1.29 is 14.3 Å². The van der Waals surface area contributed by atoms with E-state index in [-0.39, 0.29) is 11.8 Å². The topological polar surface area (TPSA) is 118 Å². The molecule has 2 aromatic rings. The van der Waals surface area contributed by atoms with Gasteiger partial charge in [-0.3, -0.25) is 19.3 Å². The van der Waals surface area contributed by atoms with E-state index in [4.69, 9.17) is 4.74 Å². The highest BCUT2D eigenvalue weighted by Gasteiger charge is 2.38. The molecule has 0 bridgehead atoms. The standard InChI is InChI=1S/C20H26N8O3/c1-21-19(29)16-6-4-5-9-27(16)20(30)14-10-17(15-12-26(2)25-23-15)28(24-14)13-7-8-18(31-3)22-11-13/h7-8,10-12,14,16,24H,4-6,9H2,1-3H3,(H,21,29). The van der Waals surface area contributed by atoms with E-state index in [0.29, 0.717) is 30.2 Å². The molecule has 4 heterocycles. The number of carbonyl (C=O) groups excluding carboxylic acids is 2. The number of pyridine rings is 1. The second-order valence-corrected chi connectivity index (χ2v) is 7.49. The summed E-state index contributed by atoms with van der Waals surface area (Å²) in [4.78, 5) is 31.7. The Kier molecular flexibility index (Phi) is 5.85. The highest BCUT2D eigenvalue weighted by Crippen LogP contribution is 2.30. The molecule has 164 valence electrons. The maximum absolute atomic E-state index is 13.4. The number of likely N-dealkylation sites (tertiary alicyclic amines) is 1. The minimum Gasteiger partial charge on any atom is -0.481 e. The zero-order valence-corrected chi connectivity index (χ0v) is 17.8. The van der Waals surface area contributed by atoms with Crippen LogP contribution in [0.4, 0.5) is 5.69 Å². The van der Waals surface area contributed by atoms with E-state index in [9.17, 15) is 9.59 Å². The SMILES string of the molecule is CNC(=O)C1CCCCN1C(=O)C1C=C(c2cn(C)nn2)N(c2ccc(OC)nc2)N1. The van der Waals surface area contributed by atoms with Crippen LogP contribution >= 0.6 is 0 Å². The predicted molar refractivity (Wildman–Crippen MR) is 113 cm³/mol. The van der Waals surface area contributed by atoms with Gasteiger partial charge in [-0.1, -0.05) is 5.21 Å². The summed E-state index contributed by atoms with van der Waals surface area (Å²) in [5, 5.41) is 12.6. The molecule has 0 aliphatic carbocycles. The fourth-order valence-corrected chi connectivity index (χ4v) is 3.92. The number of aryl methyl sites for hydroxylation is 1. The van der Waals surface area contributed by atoms with Crippen LogP contribution in [0.3, 0.4) is 0 Å². The largest absolute Gasteiger partial charge is 0.481 e. The lowest BCUT2D eigenvalue weighted by Gasteiger charge is -2.36. The first-order valence-corrected chi connectivity index (χ1v) is 10.2. The molecule has 4 rings (SSSR count). The Morgan fingerprint density at radius 3 is 2.77 bits per heavy atom. The lowest BCUT2D eigenvalue weighted by atomic mass is 10.00. The van der Waals surface area contributed by atoms with Crippen molar-refractivity contribution in [3.63, 3.8) is 0 Å². The number of ether oxygens (including phenoxy) is 1. The van der Waals surface area contributed by atoms with Crippen molar-refractivity contribution in [3.05, 3.63) is 36.3 Å². The summed E-state index contributed by atoms with van der Waals surface area (Å²) in [7, 11) is 4.93. The quantitative estimate of drug-likeness (QED) is 0.690. The van der Waals surface area contributed by atoms with Crippen LogP contribution in [0.2, 0.25) is 0 Å². The first kappa shape index (κ1) is 20.8. The molecule has 0 aromatic carbocycles. The van der Waals surface area contributed by atoms with Crippen molar-refractivity contribution in [1.82, 2.24) is 35.6 Å². The smallest absolute Gasteiger partial charge is 0.246 e. The number of aromatic nitrogens is 4. The third-order valence-corrected chi connectivity index (χ3v) is 5.49. The number of nitrogens with one attached hydrogen (secondary N) is 2. The molecule has 1 fully saturated rings. The van der Waals surface area contributed by atoms with E-state index in [1.54, 1.807) is 54.3 Å². The molecule has 2 aromatic heterocycles. The average molecular weight is 426 g/mol. The lowest BCUT2D eigenvalue weighted by Crippen LogP contribution is -2.56. The lowest BCUT2D eigenvalue weighted by molar-refractivity contribution is -0.142. The van der Waals surface area contributed by atoms with Gasteiger partial charge in [0.05, 0.1) is 30.9 Å². The van der Waals surface area contributed by atoms with Crippen molar-refractivity contribution in [2.45, 2.75) is 31.3 Å². The summed E-state index contributed by atoms with van der Waals surface area (Å²) in [6.07, 6.45) is 7.69. The molecular weight excluding hydrogens is 400 g/mol. The summed E-state index contributed by atoms with van der Waals surface area (Å²) < 4.78 is 6.74. The van der Waals surface area contributed by atoms with E-state index in [1.165, 1.54) is 0 Å². The van der Waals surface area contributed by atoms with Crippen LogP contribution in [-0.4, -0.2) is 69.5 Å². The fraction of sp³-hybridized carbons (Fsp3) is 0.450. The predicted octanol–water partition coefficient (Wildman–Crippen LogP) is 0.0801. The van der Waals surface area contributed by atoms with E-state index in [1.807, 2.05) is 12.1 Å². The van der Waals surface area contributed by atoms with E-state index >= 15 is 0 Å². The molecule has 2 atom stereocenters. The Morgan fingerprint density at radius 2 is 2.13 bits per heavy atom. The normalized spacial score (nSPS) is 21.1. The average Bonchev–Trinajstić information content (AvgIpc) is 3.44. The highest BCUT2D eigenvalue weighted by molar-refractivity contribution is 5.94. The van der Waals surface area contributed by atoms with Gasteiger partial charge >= 0.3 is 0 Å². The number of nitrogens with zero attached hydrogens (tertiary/aromatic N) is 6. The Labute approximate surface area is 180 Å². The van der Waals surface area contributed by atoms with Gasteiger partial charge in [-0.15, -0.1) is 5.10 Å². The first-order chi connectivity index (χ1) is 15.0. The van der Waals surface area contributed by atoms with Crippen LogP contribution in [0.25, 0.3) is 5.70 Å². The maximum Gasteiger partial charge on any atom is 0.246 e. The summed E-state index contributed by atoms with van der Waals surface area (Å²) in [5.41, 5.74) is 5.25. The zero-order chi connectivity index (χ0) is 22.0. The van der Waals surface area contributed by atoms with Crippen LogP contribution in [0, 0.1) is 0 Å². The van der Waals surface area contributed by atoms with Gasteiger partial charge in [-0.05, 0) is 31.4 Å². The molecule has 11 heteroatoms. The second-order valence-electron chi connectivity index (χ2n) is 7.49. The van der Waals surface area contributed by atoms with E-state index in [0.717, 1.165) is 18.5 Å². The van der Waals surface area contributed by atoms with Crippen molar-refractivity contribution in [1.29, 1.82) is 0 Å². The number of rotatable bonds is 5. The van der Waals surface area contributed by atoms with Crippen LogP contribution in [0.1, 0.15) is 25.0 Å². The molecule has 0 radical (unpaired) electrons. The molecule has 2 aliphatic rings. The van der Waals surface area contributed by atoms with Gasteiger partial charge in [-0.25, -0.2) is 10.4 Å². The third kappa shape index (κ3) is 4.08. The van der Waals surface area contributed by atoms with Crippen molar-refractivity contribution in [2.75, 3.05) is 25.7 Å². The van der Waals surface area contributed by atoms with Crippen LogP contribution in [0.15, 0.2) is 30.6 Å². The van der Waals surface area contributed by atoms with Crippen molar-refractivity contribution in [2.24, 2.45) is 7.05 Å². The number of hydrogen-bond donors (Lipinski definition) is 2. The minimum atomic E-state index is -0.649. The van der Waals surface area contributed by atoms with E-state index in [2.05, 4.69) is 26.0 Å². The number of hydrogen-bond acceptors (Lipinski definition) is 8. The minimum absolute atomic E-state index is 0.139. The zero-order valence-electron chi connectivity index (χ0n) is 17.8. The highest BCUT2D eigenvalue weighted by atomic mass is 16.5. The summed E-state index contributed by atoms with van der Waals surface area (Å²) in [6, 6.07) is 2.47. The number of methoxy groups -OCH3 is 1.